The smallest absolute Gasteiger partial charge is 0.0765 e. The predicted molar refractivity (Wildman–Crippen MR) is 153 cm³/mol. The maximum Gasteiger partial charge on any atom is 0.0765 e. The number of hydrogen-bond donors (Lipinski definition) is 1. The Bertz CT molecular complexity index is 1120. The maximum absolute atomic E-state index is 10.4. The second-order valence-corrected chi connectivity index (χ2v) is 14.6. The van der Waals surface area contributed by atoms with E-state index in [2.05, 4.69) is 69.0 Å². The molecule has 2 heterocycles. The van der Waals surface area contributed by atoms with E-state index in [1.807, 2.05) is 0 Å². The molecule has 0 bridgehead atoms. The molecule has 1 spiro atoms. The zero-order valence-electron chi connectivity index (χ0n) is 24.2. The molecule has 1 unspecified atom stereocenters. The second-order valence-electron chi connectivity index (χ2n) is 14.6. The van der Waals surface area contributed by atoms with Crippen LogP contribution in [0.2, 0.25) is 0 Å². The van der Waals surface area contributed by atoms with Crippen LogP contribution in [0, 0.1) is 35.0 Å². The van der Waals surface area contributed by atoms with Gasteiger partial charge in [0.1, 0.15) is 0 Å². The molecule has 2 aliphatic heterocycles. The van der Waals surface area contributed by atoms with E-state index in [1.54, 1.807) is 16.7 Å². The minimum atomic E-state index is -0.118. The van der Waals surface area contributed by atoms with Crippen molar-refractivity contribution in [3.8, 4) is 0 Å². The molecule has 206 valence electrons. The van der Waals surface area contributed by atoms with Gasteiger partial charge in [0.2, 0.25) is 0 Å². The molecule has 3 heteroatoms. The number of rotatable bonds is 2. The molecule has 10 atom stereocenters. The highest BCUT2D eigenvalue weighted by Crippen LogP contribution is 2.64. The van der Waals surface area contributed by atoms with E-state index in [0.717, 1.165) is 43.6 Å². The van der Waals surface area contributed by atoms with E-state index in [-0.39, 0.29) is 11.7 Å². The van der Waals surface area contributed by atoms with Crippen molar-refractivity contribution in [1.82, 2.24) is 4.90 Å². The molecule has 0 aromatic heterocycles. The molecule has 3 nitrogen and oxygen atoms in total. The van der Waals surface area contributed by atoms with E-state index in [4.69, 9.17) is 4.74 Å². The minimum Gasteiger partial charge on any atom is -0.393 e. The fraction of sp³-hybridized carbons (Fsp3) is 0.714. The molecule has 0 radical (unpaired) electrons. The molecule has 0 amide bonds. The molecule has 4 fully saturated rings. The topological polar surface area (TPSA) is 32.7 Å². The normalized spacial score (nSPS) is 46.7. The summed E-state index contributed by atoms with van der Waals surface area (Å²) in [5, 5.41) is 10.4. The quantitative estimate of drug-likeness (QED) is 0.419. The van der Waals surface area contributed by atoms with Crippen LogP contribution < -0.4 is 0 Å². The van der Waals surface area contributed by atoms with Gasteiger partial charge in [-0.2, -0.15) is 0 Å². The summed E-state index contributed by atoms with van der Waals surface area (Å²) in [4.78, 5) is 2.78. The third kappa shape index (κ3) is 3.93. The number of aliphatic hydroxyl groups is 1. The van der Waals surface area contributed by atoms with Crippen molar-refractivity contribution >= 4 is 0 Å². The highest BCUT2D eigenvalue weighted by Gasteiger charge is 2.59. The fourth-order valence-corrected chi connectivity index (χ4v) is 10.6. The van der Waals surface area contributed by atoms with Gasteiger partial charge in [-0.25, -0.2) is 0 Å². The monoisotopic (exact) mass is 515 g/mol. The molecule has 2 saturated heterocycles. The van der Waals surface area contributed by atoms with Gasteiger partial charge in [0.05, 0.1) is 17.8 Å². The van der Waals surface area contributed by atoms with E-state index in [1.165, 1.54) is 50.6 Å². The van der Waals surface area contributed by atoms with Gasteiger partial charge in [0, 0.05) is 25.0 Å². The van der Waals surface area contributed by atoms with Gasteiger partial charge in [-0.15, -0.1) is 0 Å². The number of likely N-dealkylation sites (tertiary alicyclic amines) is 1. The zero-order chi connectivity index (χ0) is 26.2. The lowest BCUT2D eigenvalue weighted by molar-refractivity contribution is -0.0798. The fourth-order valence-electron chi connectivity index (χ4n) is 10.6. The molecule has 1 aromatic carbocycles. The molecular formula is C35H49NO2. The van der Waals surface area contributed by atoms with Gasteiger partial charge in [-0.1, -0.05) is 73.9 Å². The van der Waals surface area contributed by atoms with Crippen LogP contribution in [0.3, 0.4) is 0 Å². The van der Waals surface area contributed by atoms with Crippen LogP contribution in [0.1, 0.15) is 91.0 Å². The van der Waals surface area contributed by atoms with E-state index in [0.29, 0.717) is 29.4 Å². The summed E-state index contributed by atoms with van der Waals surface area (Å²) < 4.78 is 7.30. The summed E-state index contributed by atoms with van der Waals surface area (Å²) in [6.45, 7) is 12.2. The summed E-state index contributed by atoms with van der Waals surface area (Å²) in [7, 11) is 0. The number of piperidine rings is 1. The number of fused-ring (bicyclic) bond motifs is 6. The lowest BCUT2D eigenvalue weighted by Crippen LogP contribution is -2.51. The number of aliphatic hydroxyl groups excluding tert-OH is 1. The van der Waals surface area contributed by atoms with Crippen LogP contribution in [0.5, 0.6) is 0 Å². The lowest BCUT2D eigenvalue weighted by Gasteiger charge is -2.49. The standard InChI is InChI=1S/C35H49NO2/c1-22-16-32-33(36(20-22)21-25-8-6-5-7-9-25)24(3)35(38-32)15-13-28-29-11-10-26-17-27(37)12-14-34(26,4)31(29)18-30(28)23(2)19-35/h5-10,22,24,27-29,31-33,37H,11-21H2,1-4H3/t22-,24+,27-,28-,29?,31-,32+,33-,34-,35-/m0/s1. The third-order valence-electron chi connectivity index (χ3n) is 12.5. The van der Waals surface area contributed by atoms with Crippen LogP contribution in [-0.4, -0.2) is 40.4 Å². The average molecular weight is 516 g/mol. The van der Waals surface area contributed by atoms with E-state index >= 15 is 0 Å². The van der Waals surface area contributed by atoms with Gasteiger partial charge >= 0.3 is 0 Å². The number of allylic oxidation sites excluding steroid dienone is 2. The zero-order valence-corrected chi connectivity index (χ0v) is 24.2. The Kier molecular flexibility index (Phi) is 6.26. The summed E-state index contributed by atoms with van der Waals surface area (Å²) >= 11 is 0. The Morgan fingerprint density at radius 2 is 1.89 bits per heavy atom. The second kappa shape index (κ2) is 9.32. The maximum atomic E-state index is 10.4. The Labute approximate surface area is 230 Å². The first kappa shape index (κ1) is 25.5. The van der Waals surface area contributed by atoms with Gasteiger partial charge in [0.25, 0.3) is 0 Å². The molecule has 4 aliphatic carbocycles. The highest BCUT2D eigenvalue weighted by atomic mass is 16.5. The first-order chi connectivity index (χ1) is 18.3. The van der Waals surface area contributed by atoms with Crippen LogP contribution >= 0.6 is 0 Å². The largest absolute Gasteiger partial charge is 0.393 e. The number of ether oxygens (including phenoxy) is 1. The van der Waals surface area contributed by atoms with Gasteiger partial charge in [0.15, 0.2) is 0 Å². The van der Waals surface area contributed by atoms with Crippen LogP contribution in [0.15, 0.2) is 53.1 Å². The predicted octanol–water partition coefficient (Wildman–Crippen LogP) is 7.30. The minimum absolute atomic E-state index is 0.000231. The van der Waals surface area contributed by atoms with Crippen molar-refractivity contribution < 1.29 is 9.84 Å². The van der Waals surface area contributed by atoms with Gasteiger partial charge < -0.3 is 9.84 Å². The summed E-state index contributed by atoms with van der Waals surface area (Å²) in [6.07, 6.45) is 13.3. The van der Waals surface area contributed by atoms with Crippen molar-refractivity contribution in [2.45, 2.75) is 116 Å². The van der Waals surface area contributed by atoms with E-state index < -0.39 is 0 Å². The van der Waals surface area contributed by atoms with Crippen molar-refractivity contribution in [3.63, 3.8) is 0 Å². The molecule has 1 N–H and O–H groups in total. The Morgan fingerprint density at radius 1 is 1.08 bits per heavy atom. The molecule has 7 rings (SSSR count). The SMILES string of the molecule is CC1=C2C[C@H]3C(CC=C4C[C@@H](O)CC[C@@]43C)[C@@H]2CC[C@@]2(C1)O[C@@H]1C[C@H](C)CN(Cc3ccccc3)[C@H]1[C@H]2C. The Morgan fingerprint density at radius 3 is 2.71 bits per heavy atom. The molecule has 2 saturated carbocycles. The van der Waals surface area contributed by atoms with Crippen molar-refractivity contribution in [3.05, 3.63) is 58.7 Å². The highest BCUT2D eigenvalue weighted by molar-refractivity contribution is 5.34. The van der Waals surface area contributed by atoms with Crippen molar-refractivity contribution in [2.75, 3.05) is 6.54 Å². The average Bonchev–Trinajstić information content (AvgIpc) is 3.35. The van der Waals surface area contributed by atoms with Crippen molar-refractivity contribution in [1.29, 1.82) is 0 Å². The summed E-state index contributed by atoms with van der Waals surface area (Å²) in [5.41, 5.74) is 6.78. The summed E-state index contributed by atoms with van der Waals surface area (Å²) in [6, 6.07) is 11.6. The molecule has 1 aromatic rings. The van der Waals surface area contributed by atoms with Gasteiger partial charge in [-0.3, -0.25) is 4.90 Å². The van der Waals surface area contributed by atoms with Crippen LogP contribution in [0.25, 0.3) is 0 Å². The van der Waals surface area contributed by atoms with E-state index in [9.17, 15) is 5.11 Å². The Balaban J connectivity index is 1.15. The number of nitrogens with zero attached hydrogens (tertiary/aromatic N) is 1. The summed E-state index contributed by atoms with van der Waals surface area (Å²) in [5.74, 6) is 3.53. The molecular weight excluding hydrogens is 466 g/mol. The van der Waals surface area contributed by atoms with Crippen LogP contribution in [0.4, 0.5) is 0 Å². The first-order valence-corrected chi connectivity index (χ1v) is 15.8. The number of benzene rings is 1. The lowest BCUT2D eigenvalue weighted by atomic mass is 9.56. The van der Waals surface area contributed by atoms with Crippen LogP contribution in [-0.2, 0) is 11.3 Å². The van der Waals surface area contributed by atoms with Gasteiger partial charge in [-0.05, 0) is 99.4 Å². The molecule has 6 aliphatic rings. The van der Waals surface area contributed by atoms with Crippen molar-refractivity contribution in [2.24, 2.45) is 35.0 Å². The number of hydrogen-bond acceptors (Lipinski definition) is 3. The third-order valence-corrected chi connectivity index (χ3v) is 12.5. The first-order valence-electron chi connectivity index (χ1n) is 15.8. The molecule has 38 heavy (non-hydrogen) atoms. The Hall–Kier alpha value is -1.42.